The highest BCUT2D eigenvalue weighted by molar-refractivity contribution is 6.82. The number of hydrogen-bond donors (Lipinski definition) is 0. The SMILES string of the molecule is CCO[Si](CC[Si](C)(C)C1c2ccccc2C([Si](C)(C)CC[Si](OCC)(OCC)OCC)c2ccccc21)(OCC)OCC. The maximum absolute atomic E-state index is 6.29. The van der Waals surface area contributed by atoms with E-state index in [0.29, 0.717) is 50.7 Å². The quantitative estimate of drug-likeness (QED) is 0.131. The Morgan fingerprint density at radius 2 is 0.636 bits per heavy atom. The van der Waals surface area contributed by atoms with Crippen LogP contribution < -0.4 is 0 Å². The van der Waals surface area contributed by atoms with Gasteiger partial charge in [0.15, 0.2) is 0 Å². The third-order valence-corrected chi connectivity index (χ3v) is 23.7. The number of hydrogen-bond acceptors (Lipinski definition) is 6. The summed E-state index contributed by atoms with van der Waals surface area (Å²) in [6.07, 6.45) is 0. The Balaban J connectivity index is 2.03. The predicted molar refractivity (Wildman–Crippen MR) is 192 cm³/mol. The predicted octanol–water partition coefficient (Wildman–Crippen LogP) is 8.86. The average Bonchev–Trinajstić information content (AvgIpc) is 2.98. The maximum Gasteiger partial charge on any atom is 0.500 e. The van der Waals surface area contributed by atoms with Crippen LogP contribution in [0.5, 0.6) is 0 Å². The number of benzene rings is 2. The van der Waals surface area contributed by atoms with Gasteiger partial charge in [-0.1, -0.05) is 86.8 Å². The third-order valence-electron chi connectivity index (χ3n) is 9.14. The maximum atomic E-state index is 6.29. The largest absolute Gasteiger partial charge is 0.500 e. The summed E-state index contributed by atoms with van der Waals surface area (Å²) in [7, 11) is -9.30. The standard InChI is InChI=1S/C34H60O6Si4/c1-11-35-43(36-12-2,37-13-3)27-25-41(7,8)33-29-21-17-19-23-31(29)34(32-24-20-18-22-30(32)33)42(9,10)26-28-44(38-14-4,39-15-5)40-16-6/h17-24,33-34H,11-16,25-28H2,1-10H3. The first-order valence-corrected chi connectivity index (χ1v) is 27.4. The van der Waals surface area contributed by atoms with E-state index < -0.39 is 33.8 Å². The van der Waals surface area contributed by atoms with E-state index in [0.717, 1.165) is 24.2 Å². The first-order chi connectivity index (χ1) is 21.0. The van der Waals surface area contributed by atoms with Crippen molar-refractivity contribution in [3.63, 3.8) is 0 Å². The molecule has 3 rings (SSSR count). The van der Waals surface area contributed by atoms with Gasteiger partial charge in [-0.3, -0.25) is 0 Å². The van der Waals surface area contributed by atoms with Crippen LogP contribution in [0.1, 0.15) is 74.9 Å². The van der Waals surface area contributed by atoms with Gasteiger partial charge in [0.2, 0.25) is 0 Å². The molecule has 0 saturated heterocycles. The summed E-state index contributed by atoms with van der Waals surface area (Å²) in [6, 6.07) is 22.5. The van der Waals surface area contributed by atoms with Crippen molar-refractivity contribution >= 4 is 33.8 Å². The molecule has 0 unspecified atom stereocenters. The Labute approximate surface area is 272 Å². The Morgan fingerprint density at radius 3 is 0.841 bits per heavy atom. The lowest BCUT2D eigenvalue weighted by molar-refractivity contribution is 0.0716. The molecule has 0 atom stereocenters. The second-order valence-electron chi connectivity index (χ2n) is 13.1. The molecule has 1 aliphatic rings. The van der Waals surface area contributed by atoms with Gasteiger partial charge >= 0.3 is 17.6 Å². The summed E-state index contributed by atoms with van der Waals surface area (Å²) < 4.78 is 37.8. The molecule has 0 N–H and O–H groups in total. The normalized spacial score (nSPS) is 17.4. The van der Waals surface area contributed by atoms with Crippen LogP contribution in [0.4, 0.5) is 0 Å². The zero-order chi connectivity index (χ0) is 32.4. The zero-order valence-corrected chi connectivity index (χ0v) is 33.3. The monoisotopic (exact) mass is 676 g/mol. The molecule has 0 fully saturated rings. The number of rotatable bonds is 20. The fourth-order valence-electron chi connectivity index (χ4n) is 7.33. The van der Waals surface area contributed by atoms with Gasteiger partial charge in [-0.2, -0.15) is 0 Å². The summed E-state index contributed by atoms with van der Waals surface area (Å²) in [5, 5.41) is 0. The van der Waals surface area contributed by atoms with Gasteiger partial charge < -0.3 is 26.6 Å². The van der Waals surface area contributed by atoms with E-state index in [1.54, 1.807) is 0 Å². The van der Waals surface area contributed by atoms with E-state index >= 15 is 0 Å². The van der Waals surface area contributed by atoms with Crippen LogP contribution in [0.3, 0.4) is 0 Å². The Bertz CT molecular complexity index is 991. The van der Waals surface area contributed by atoms with Crippen LogP contribution in [-0.4, -0.2) is 73.4 Å². The first-order valence-electron chi connectivity index (χ1n) is 17.0. The zero-order valence-electron chi connectivity index (χ0n) is 29.3. The Kier molecular flexibility index (Phi) is 14.3. The second kappa shape index (κ2) is 16.8. The van der Waals surface area contributed by atoms with Crippen molar-refractivity contribution in [3.05, 3.63) is 70.8 Å². The van der Waals surface area contributed by atoms with Crippen molar-refractivity contribution in [2.45, 2.75) is 103 Å². The van der Waals surface area contributed by atoms with Crippen LogP contribution >= 0.6 is 0 Å². The van der Waals surface area contributed by atoms with Gasteiger partial charge in [0, 0.05) is 62.8 Å². The van der Waals surface area contributed by atoms with Crippen molar-refractivity contribution < 1.29 is 26.6 Å². The van der Waals surface area contributed by atoms with Crippen molar-refractivity contribution in [1.29, 1.82) is 0 Å². The van der Waals surface area contributed by atoms with Crippen molar-refractivity contribution in [1.82, 2.24) is 0 Å². The molecule has 2 aromatic carbocycles. The van der Waals surface area contributed by atoms with Crippen LogP contribution in [-0.2, 0) is 26.6 Å². The van der Waals surface area contributed by atoms with Crippen LogP contribution in [0.2, 0.25) is 50.4 Å². The smallest absolute Gasteiger partial charge is 0.374 e. The van der Waals surface area contributed by atoms with Crippen LogP contribution in [0.15, 0.2) is 48.5 Å². The molecule has 0 amide bonds. The van der Waals surface area contributed by atoms with Crippen molar-refractivity contribution in [3.8, 4) is 0 Å². The molecule has 0 radical (unpaired) electrons. The lowest BCUT2D eigenvalue weighted by Crippen LogP contribution is -2.50. The molecule has 0 bridgehead atoms. The Morgan fingerprint density at radius 1 is 0.409 bits per heavy atom. The van der Waals surface area contributed by atoms with Gasteiger partial charge in [-0.05, 0) is 63.8 Å². The summed E-state index contributed by atoms with van der Waals surface area (Å²) in [5.41, 5.74) is 6.88. The van der Waals surface area contributed by atoms with E-state index in [2.05, 4.69) is 74.7 Å². The highest BCUT2D eigenvalue weighted by Crippen LogP contribution is 2.52. The van der Waals surface area contributed by atoms with E-state index in [9.17, 15) is 0 Å². The molecular weight excluding hydrogens is 617 g/mol. The van der Waals surface area contributed by atoms with Gasteiger partial charge in [0.25, 0.3) is 0 Å². The van der Waals surface area contributed by atoms with E-state index in [-0.39, 0.29) is 0 Å². The fraction of sp³-hybridized carbons (Fsp3) is 0.647. The minimum Gasteiger partial charge on any atom is -0.374 e. The summed E-state index contributed by atoms with van der Waals surface area (Å²) in [6.45, 7) is 26.2. The minimum absolute atomic E-state index is 0.399. The van der Waals surface area contributed by atoms with Gasteiger partial charge in [-0.15, -0.1) is 0 Å². The van der Waals surface area contributed by atoms with Crippen molar-refractivity contribution in [2.24, 2.45) is 0 Å². The van der Waals surface area contributed by atoms with E-state index in [1.807, 2.05) is 41.5 Å². The lowest BCUT2D eigenvalue weighted by Gasteiger charge is -2.46. The molecule has 0 spiro atoms. The lowest BCUT2D eigenvalue weighted by atomic mass is 9.85. The average molecular weight is 677 g/mol. The summed E-state index contributed by atoms with van der Waals surface area (Å²) >= 11 is 0. The molecule has 10 heteroatoms. The van der Waals surface area contributed by atoms with Crippen LogP contribution in [0, 0.1) is 0 Å². The van der Waals surface area contributed by atoms with Crippen molar-refractivity contribution in [2.75, 3.05) is 39.6 Å². The molecule has 6 nitrogen and oxygen atoms in total. The molecule has 0 saturated carbocycles. The Hall–Kier alpha value is -0.932. The summed E-state index contributed by atoms with van der Waals surface area (Å²) in [4.78, 5) is 0. The second-order valence-corrected chi connectivity index (χ2v) is 28.6. The molecule has 0 aliphatic heterocycles. The van der Waals surface area contributed by atoms with E-state index in [4.69, 9.17) is 26.6 Å². The summed E-state index contributed by atoms with van der Waals surface area (Å²) in [5.74, 6) is 0. The molecule has 0 heterocycles. The molecular formula is C34H60O6Si4. The topological polar surface area (TPSA) is 55.4 Å². The fourth-order valence-corrected chi connectivity index (χ4v) is 23.9. The first kappa shape index (κ1) is 37.5. The molecule has 248 valence electrons. The molecule has 2 aromatic rings. The molecule has 44 heavy (non-hydrogen) atoms. The molecule has 0 aromatic heterocycles. The van der Waals surface area contributed by atoms with Crippen LogP contribution in [0.25, 0.3) is 0 Å². The minimum atomic E-state index is -2.74. The van der Waals surface area contributed by atoms with Gasteiger partial charge in [0.1, 0.15) is 0 Å². The number of fused-ring (bicyclic) bond motifs is 2. The van der Waals surface area contributed by atoms with E-state index in [1.165, 1.54) is 22.3 Å². The highest BCUT2D eigenvalue weighted by Gasteiger charge is 2.50. The van der Waals surface area contributed by atoms with Gasteiger partial charge in [0.05, 0.1) is 16.1 Å². The van der Waals surface area contributed by atoms with Gasteiger partial charge in [-0.25, -0.2) is 0 Å². The molecule has 1 aliphatic carbocycles. The third kappa shape index (κ3) is 8.70. The highest BCUT2D eigenvalue weighted by atomic mass is 28.4.